The van der Waals surface area contributed by atoms with E-state index in [-0.39, 0.29) is 5.91 Å². The first-order valence-corrected chi connectivity index (χ1v) is 8.98. The molecule has 30 heavy (non-hydrogen) atoms. The topological polar surface area (TPSA) is 141 Å². The Labute approximate surface area is 170 Å². The maximum atomic E-state index is 12.6. The Kier molecular flexibility index (Phi) is 5.90. The van der Waals surface area contributed by atoms with Crippen molar-refractivity contribution in [1.29, 1.82) is 0 Å². The van der Waals surface area contributed by atoms with Gasteiger partial charge in [0.05, 0.1) is 29.6 Å². The minimum Gasteiger partial charge on any atom is -0.465 e. The zero-order chi connectivity index (χ0) is 21.8. The molecule has 1 saturated heterocycles. The first-order valence-electron chi connectivity index (χ1n) is 8.98. The molecule has 0 aliphatic carbocycles. The molecule has 0 radical (unpaired) electrons. The molecule has 1 fully saturated rings. The molecule has 0 unspecified atom stereocenters. The van der Waals surface area contributed by atoms with Gasteiger partial charge in [-0.15, -0.1) is 0 Å². The minimum atomic E-state index is -1.05. The number of carbonyl (C=O) groups is 3. The van der Waals surface area contributed by atoms with Gasteiger partial charge in [0.2, 0.25) is 11.8 Å². The molecule has 3 rings (SSSR count). The summed E-state index contributed by atoms with van der Waals surface area (Å²) in [6, 6.07) is 7.50. The van der Waals surface area contributed by atoms with Gasteiger partial charge in [0, 0.05) is 19.0 Å². The molecule has 0 saturated carbocycles. The Morgan fingerprint density at radius 3 is 2.63 bits per heavy atom. The standard InChI is InChI=1S/C19H18N4O7/c1-30-19(27)13-9-12(23(28)29)10-21(18(13)26)11-16(24)20-14-5-2-3-6-15(14)22-8-4-7-17(22)25/h2-3,5-6,9-10H,4,7-8,11H2,1H3,(H,20,24). The van der Waals surface area contributed by atoms with E-state index >= 15 is 0 Å². The Balaban J connectivity index is 1.88. The van der Waals surface area contributed by atoms with Crippen LogP contribution in [0, 0.1) is 10.1 Å². The second kappa shape index (κ2) is 8.55. The van der Waals surface area contributed by atoms with Gasteiger partial charge in [0.15, 0.2) is 0 Å². The minimum absolute atomic E-state index is 0.0608. The summed E-state index contributed by atoms with van der Waals surface area (Å²) in [5.74, 6) is -1.77. The number of benzene rings is 1. The Bertz CT molecular complexity index is 1090. The van der Waals surface area contributed by atoms with Gasteiger partial charge in [-0.25, -0.2) is 4.79 Å². The van der Waals surface area contributed by atoms with Gasteiger partial charge in [-0.3, -0.25) is 29.1 Å². The van der Waals surface area contributed by atoms with Crippen LogP contribution < -0.4 is 15.8 Å². The Hall–Kier alpha value is -4.02. The smallest absolute Gasteiger partial charge is 0.343 e. The third kappa shape index (κ3) is 4.19. The average Bonchev–Trinajstić information content (AvgIpc) is 3.14. The molecule has 0 atom stereocenters. The summed E-state index contributed by atoms with van der Waals surface area (Å²) in [6.07, 6.45) is 2.01. The number of carbonyl (C=O) groups excluding carboxylic acids is 3. The van der Waals surface area contributed by atoms with Crippen molar-refractivity contribution in [3.05, 3.63) is 62.6 Å². The highest BCUT2D eigenvalue weighted by molar-refractivity contribution is 6.02. The lowest BCUT2D eigenvalue weighted by Gasteiger charge is -2.20. The highest BCUT2D eigenvalue weighted by Crippen LogP contribution is 2.29. The first-order chi connectivity index (χ1) is 14.3. The van der Waals surface area contributed by atoms with Crippen LogP contribution in [-0.2, 0) is 20.9 Å². The zero-order valence-electron chi connectivity index (χ0n) is 16.0. The molecule has 2 aromatic rings. The molecule has 1 aromatic carbocycles. The number of nitro groups is 1. The fourth-order valence-electron chi connectivity index (χ4n) is 3.16. The molecule has 2 heterocycles. The quantitative estimate of drug-likeness (QED) is 0.427. The van der Waals surface area contributed by atoms with Crippen molar-refractivity contribution in [3.63, 3.8) is 0 Å². The number of anilines is 2. The summed E-state index contributed by atoms with van der Waals surface area (Å²) < 4.78 is 5.24. The number of aromatic nitrogens is 1. The lowest BCUT2D eigenvalue weighted by Crippen LogP contribution is -2.32. The van der Waals surface area contributed by atoms with Gasteiger partial charge in [0.25, 0.3) is 11.2 Å². The number of rotatable bonds is 6. The highest BCUT2D eigenvalue weighted by atomic mass is 16.6. The van der Waals surface area contributed by atoms with Crippen LogP contribution >= 0.6 is 0 Å². The molecule has 1 N–H and O–H groups in total. The number of amides is 2. The van der Waals surface area contributed by atoms with Crippen LogP contribution in [0.2, 0.25) is 0 Å². The van der Waals surface area contributed by atoms with E-state index < -0.39 is 40.2 Å². The molecule has 1 aromatic heterocycles. The molecule has 1 aliphatic heterocycles. The van der Waals surface area contributed by atoms with Crippen LogP contribution in [0.1, 0.15) is 23.2 Å². The van der Waals surface area contributed by atoms with E-state index in [1.807, 2.05) is 0 Å². The third-order valence-corrected chi connectivity index (χ3v) is 4.54. The fraction of sp³-hybridized carbons (Fsp3) is 0.263. The Morgan fingerprint density at radius 2 is 2.00 bits per heavy atom. The zero-order valence-corrected chi connectivity index (χ0v) is 16.0. The van der Waals surface area contributed by atoms with Gasteiger partial charge in [0.1, 0.15) is 12.1 Å². The SMILES string of the molecule is COC(=O)c1cc([N+](=O)[O-])cn(CC(=O)Nc2ccccc2N2CCCC2=O)c1=O. The van der Waals surface area contributed by atoms with E-state index in [0.29, 0.717) is 30.8 Å². The Morgan fingerprint density at radius 1 is 1.27 bits per heavy atom. The normalized spacial score (nSPS) is 13.2. The maximum Gasteiger partial charge on any atom is 0.343 e. The number of pyridine rings is 1. The average molecular weight is 414 g/mol. The van der Waals surface area contributed by atoms with Gasteiger partial charge < -0.3 is 15.0 Å². The molecule has 0 bridgehead atoms. The summed E-state index contributed by atoms with van der Waals surface area (Å²) in [6.45, 7) is -0.0503. The maximum absolute atomic E-state index is 12.6. The van der Waals surface area contributed by atoms with Crippen molar-refractivity contribution < 1.29 is 24.0 Å². The van der Waals surface area contributed by atoms with Gasteiger partial charge in [-0.2, -0.15) is 0 Å². The van der Waals surface area contributed by atoms with E-state index in [2.05, 4.69) is 10.1 Å². The summed E-state index contributed by atoms with van der Waals surface area (Å²) in [7, 11) is 1.04. The molecule has 11 heteroatoms. The third-order valence-electron chi connectivity index (χ3n) is 4.54. The number of esters is 1. The number of methoxy groups -OCH3 is 1. The number of hydrogen-bond donors (Lipinski definition) is 1. The molecular weight excluding hydrogens is 396 g/mol. The van der Waals surface area contributed by atoms with E-state index in [9.17, 15) is 29.3 Å². The molecule has 1 aliphatic rings. The van der Waals surface area contributed by atoms with Gasteiger partial charge >= 0.3 is 5.97 Å². The predicted molar refractivity (Wildman–Crippen MR) is 105 cm³/mol. The van der Waals surface area contributed by atoms with Crippen LogP contribution in [0.3, 0.4) is 0 Å². The molecule has 156 valence electrons. The van der Waals surface area contributed by atoms with Crippen LogP contribution in [0.25, 0.3) is 0 Å². The van der Waals surface area contributed by atoms with Crippen molar-refractivity contribution in [3.8, 4) is 0 Å². The van der Waals surface area contributed by atoms with Crippen molar-refractivity contribution in [2.75, 3.05) is 23.9 Å². The molecule has 2 amide bonds. The van der Waals surface area contributed by atoms with Crippen molar-refractivity contribution in [2.45, 2.75) is 19.4 Å². The molecule has 0 spiro atoms. The lowest BCUT2D eigenvalue weighted by atomic mass is 10.2. The van der Waals surface area contributed by atoms with Gasteiger partial charge in [-0.1, -0.05) is 12.1 Å². The van der Waals surface area contributed by atoms with E-state index in [4.69, 9.17) is 0 Å². The highest BCUT2D eigenvalue weighted by Gasteiger charge is 2.25. The van der Waals surface area contributed by atoms with Crippen molar-refractivity contribution in [2.24, 2.45) is 0 Å². The monoisotopic (exact) mass is 414 g/mol. The lowest BCUT2D eigenvalue weighted by molar-refractivity contribution is -0.385. The van der Waals surface area contributed by atoms with Crippen LogP contribution in [0.4, 0.5) is 17.1 Å². The van der Waals surface area contributed by atoms with E-state index in [0.717, 1.165) is 23.9 Å². The van der Waals surface area contributed by atoms with Gasteiger partial charge in [-0.05, 0) is 18.6 Å². The summed E-state index contributed by atoms with van der Waals surface area (Å²) >= 11 is 0. The fourth-order valence-corrected chi connectivity index (χ4v) is 3.16. The summed E-state index contributed by atoms with van der Waals surface area (Å²) in [4.78, 5) is 60.7. The second-order valence-corrected chi connectivity index (χ2v) is 6.51. The second-order valence-electron chi connectivity index (χ2n) is 6.51. The summed E-state index contributed by atoms with van der Waals surface area (Å²) in [5, 5.41) is 13.7. The number of nitrogens with zero attached hydrogens (tertiary/aromatic N) is 3. The van der Waals surface area contributed by atoms with Crippen LogP contribution in [0.15, 0.2) is 41.3 Å². The van der Waals surface area contributed by atoms with E-state index in [1.165, 1.54) is 0 Å². The van der Waals surface area contributed by atoms with Crippen molar-refractivity contribution in [1.82, 2.24) is 4.57 Å². The largest absolute Gasteiger partial charge is 0.465 e. The number of hydrogen-bond acceptors (Lipinski definition) is 7. The summed E-state index contributed by atoms with van der Waals surface area (Å²) in [5.41, 5.74) is -1.10. The van der Waals surface area contributed by atoms with Crippen LogP contribution in [0.5, 0.6) is 0 Å². The van der Waals surface area contributed by atoms with E-state index in [1.54, 1.807) is 29.2 Å². The predicted octanol–water partition coefficient (Wildman–Crippen LogP) is 1.31. The van der Waals surface area contributed by atoms with Crippen LogP contribution in [-0.4, -0.2) is 40.9 Å². The molecule has 11 nitrogen and oxygen atoms in total. The first kappa shape index (κ1) is 20.7. The molecular formula is C19H18N4O7. The number of para-hydroxylation sites is 2. The van der Waals surface area contributed by atoms with Crippen molar-refractivity contribution >= 4 is 34.8 Å². The number of nitrogens with one attached hydrogen (secondary N) is 1. The number of ether oxygens (including phenoxy) is 1.